The minimum Gasteiger partial charge on any atom is -0.103 e. The molecule has 0 saturated carbocycles. The molecule has 0 radical (unpaired) electrons. The first kappa shape index (κ1) is 11.6. The van der Waals surface area contributed by atoms with Crippen LogP contribution in [0.25, 0.3) is 0 Å². The lowest BCUT2D eigenvalue weighted by Gasteiger charge is -2.10. The largest absolute Gasteiger partial charge is 0.103 e. The Bertz CT molecular complexity index is 167. The second kappa shape index (κ2) is 7.84. The van der Waals surface area contributed by atoms with Crippen LogP contribution >= 0.6 is 0 Å². The molecule has 0 aromatic rings. The Morgan fingerprint density at radius 2 is 1.64 bits per heavy atom. The second-order valence-electron chi connectivity index (χ2n) is 4.40. The summed E-state index contributed by atoms with van der Waals surface area (Å²) in [5.41, 5.74) is 0. The molecule has 1 unspecified atom stereocenters. The average molecular weight is 192 g/mol. The highest BCUT2D eigenvalue weighted by atomic mass is 14.1. The van der Waals surface area contributed by atoms with E-state index in [2.05, 4.69) is 24.8 Å². The van der Waals surface area contributed by atoms with Crippen molar-refractivity contribution in [2.75, 3.05) is 0 Å². The Morgan fingerprint density at radius 3 is 2.43 bits per heavy atom. The molecule has 0 aromatic heterocycles. The van der Waals surface area contributed by atoms with Gasteiger partial charge in [0, 0.05) is 0 Å². The van der Waals surface area contributed by atoms with E-state index in [1.165, 1.54) is 57.8 Å². The summed E-state index contributed by atoms with van der Waals surface area (Å²) < 4.78 is 0. The minimum absolute atomic E-state index is 0.727. The average Bonchev–Trinajstić information content (AvgIpc) is 2.19. The van der Waals surface area contributed by atoms with Crippen molar-refractivity contribution in [3.05, 3.63) is 24.8 Å². The van der Waals surface area contributed by atoms with Gasteiger partial charge < -0.3 is 0 Å². The van der Waals surface area contributed by atoms with Crippen LogP contribution in [0.15, 0.2) is 24.8 Å². The van der Waals surface area contributed by atoms with E-state index in [4.69, 9.17) is 0 Å². The highest BCUT2D eigenvalue weighted by Gasteiger charge is 2.02. The van der Waals surface area contributed by atoms with Crippen LogP contribution in [0.5, 0.6) is 0 Å². The number of allylic oxidation sites excluding steroid dienone is 3. The first-order chi connectivity index (χ1) is 6.93. The lowest BCUT2D eigenvalue weighted by Crippen LogP contribution is -1.95. The van der Waals surface area contributed by atoms with Gasteiger partial charge in [0.15, 0.2) is 0 Å². The second-order valence-corrected chi connectivity index (χ2v) is 4.40. The molecule has 1 rings (SSSR count). The van der Waals surface area contributed by atoms with Crippen molar-refractivity contribution in [3.8, 4) is 0 Å². The molecule has 0 bridgehead atoms. The van der Waals surface area contributed by atoms with E-state index in [1.54, 1.807) is 0 Å². The Labute approximate surface area is 89.1 Å². The summed E-state index contributed by atoms with van der Waals surface area (Å²) in [6, 6.07) is 0. The Morgan fingerprint density at radius 1 is 0.929 bits per heavy atom. The van der Waals surface area contributed by atoms with Crippen LogP contribution in [0.2, 0.25) is 0 Å². The Kier molecular flexibility index (Phi) is 6.47. The summed E-state index contributed by atoms with van der Waals surface area (Å²) in [4.78, 5) is 0. The zero-order chi connectivity index (χ0) is 10.1. The number of hydrogen-bond acceptors (Lipinski definition) is 0. The summed E-state index contributed by atoms with van der Waals surface area (Å²) in [7, 11) is 0. The third-order valence-corrected chi connectivity index (χ3v) is 3.13. The highest BCUT2D eigenvalue weighted by molar-refractivity contribution is 4.90. The maximum absolute atomic E-state index is 3.92. The summed E-state index contributed by atoms with van der Waals surface area (Å²) >= 11 is 0. The van der Waals surface area contributed by atoms with E-state index in [0.29, 0.717) is 0 Å². The van der Waals surface area contributed by atoms with Crippen LogP contribution in [-0.4, -0.2) is 0 Å². The van der Waals surface area contributed by atoms with Gasteiger partial charge in [0.2, 0.25) is 0 Å². The van der Waals surface area contributed by atoms with Crippen LogP contribution in [0.4, 0.5) is 0 Å². The molecule has 14 heavy (non-hydrogen) atoms. The van der Waals surface area contributed by atoms with Gasteiger partial charge in [-0.1, -0.05) is 50.3 Å². The minimum atomic E-state index is 0.727. The van der Waals surface area contributed by atoms with E-state index < -0.39 is 0 Å². The molecule has 0 nitrogen and oxygen atoms in total. The lowest BCUT2D eigenvalue weighted by molar-refractivity contribution is 0.516. The topological polar surface area (TPSA) is 0 Å². The predicted octanol–water partition coefficient (Wildman–Crippen LogP) is 4.87. The molecule has 0 heterocycles. The standard InChI is InChI=1S/C14H24/c1-2-14-12-10-8-6-4-3-5-7-9-11-13-14/h2,8,10,14H,1,3-7,9,11-13H2. The fourth-order valence-corrected chi connectivity index (χ4v) is 2.10. The van der Waals surface area contributed by atoms with Crippen molar-refractivity contribution in [3.63, 3.8) is 0 Å². The third-order valence-electron chi connectivity index (χ3n) is 3.13. The quantitative estimate of drug-likeness (QED) is 0.520. The van der Waals surface area contributed by atoms with Gasteiger partial charge in [-0.3, -0.25) is 0 Å². The van der Waals surface area contributed by atoms with Crippen molar-refractivity contribution in [2.24, 2.45) is 5.92 Å². The predicted molar refractivity (Wildman–Crippen MR) is 64.4 cm³/mol. The molecule has 80 valence electrons. The molecule has 1 aliphatic rings. The maximum atomic E-state index is 3.92. The van der Waals surface area contributed by atoms with Crippen LogP contribution in [0, 0.1) is 5.92 Å². The molecule has 0 aliphatic heterocycles. The molecule has 0 amide bonds. The van der Waals surface area contributed by atoms with Crippen molar-refractivity contribution in [1.82, 2.24) is 0 Å². The van der Waals surface area contributed by atoms with Gasteiger partial charge >= 0.3 is 0 Å². The molecule has 1 atom stereocenters. The van der Waals surface area contributed by atoms with Gasteiger partial charge in [-0.05, 0) is 31.6 Å². The molecule has 1 aliphatic carbocycles. The molecule has 0 spiro atoms. The van der Waals surface area contributed by atoms with Gasteiger partial charge in [0.25, 0.3) is 0 Å². The van der Waals surface area contributed by atoms with Crippen LogP contribution in [-0.2, 0) is 0 Å². The molecule has 0 saturated heterocycles. The fourth-order valence-electron chi connectivity index (χ4n) is 2.10. The first-order valence-corrected chi connectivity index (χ1v) is 6.21. The molecule has 0 aromatic carbocycles. The summed E-state index contributed by atoms with van der Waals surface area (Å²) in [6.45, 7) is 3.92. The van der Waals surface area contributed by atoms with E-state index in [-0.39, 0.29) is 0 Å². The number of rotatable bonds is 1. The fraction of sp³-hybridized carbons (Fsp3) is 0.714. The summed E-state index contributed by atoms with van der Waals surface area (Å²) in [6.07, 6.45) is 19.2. The van der Waals surface area contributed by atoms with Crippen molar-refractivity contribution < 1.29 is 0 Å². The summed E-state index contributed by atoms with van der Waals surface area (Å²) in [5, 5.41) is 0. The van der Waals surface area contributed by atoms with Gasteiger partial charge in [0.1, 0.15) is 0 Å². The summed E-state index contributed by atoms with van der Waals surface area (Å²) in [5.74, 6) is 0.727. The van der Waals surface area contributed by atoms with E-state index in [9.17, 15) is 0 Å². The highest BCUT2D eigenvalue weighted by Crippen LogP contribution is 2.18. The normalized spacial score (nSPS) is 26.1. The lowest BCUT2D eigenvalue weighted by atomic mass is 9.96. The van der Waals surface area contributed by atoms with E-state index >= 15 is 0 Å². The molecule has 0 heteroatoms. The van der Waals surface area contributed by atoms with Gasteiger partial charge in [-0.2, -0.15) is 0 Å². The third kappa shape index (κ3) is 5.26. The van der Waals surface area contributed by atoms with Crippen molar-refractivity contribution >= 4 is 0 Å². The van der Waals surface area contributed by atoms with Gasteiger partial charge in [0.05, 0.1) is 0 Å². The first-order valence-electron chi connectivity index (χ1n) is 6.21. The van der Waals surface area contributed by atoms with E-state index in [0.717, 1.165) is 5.92 Å². The SMILES string of the molecule is C=CC1CC=CCCCCCCCC1. The monoisotopic (exact) mass is 192 g/mol. The zero-order valence-corrected chi connectivity index (χ0v) is 9.38. The van der Waals surface area contributed by atoms with Gasteiger partial charge in [-0.25, -0.2) is 0 Å². The van der Waals surface area contributed by atoms with Gasteiger partial charge in [-0.15, -0.1) is 6.58 Å². The molecule has 0 fully saturated rings. The number of hydrogen-bond donors (Lipinski definition) is 0. The van der Waals surface area contributed by atoms with Crippen LogP contribution in [0.3, 0.4) is 0 Å². The molecule has 0 N–H and O–H groups in total. The molecular formula is C14H24. The maximum Gasteiger partial charge on any atom is -0.0202 e. The van der Waals surface area contributed by atoms with E-state index in [1.807, 2.05) is 0 Å². The Balaban J connectivity index is 2.31. The molecular weight excluding hydrogens is 168 g/mol. The van der Waals surface area contributed by atoms with Crippen LogP contribution < -0.4 is 0 Å². The van der Waals surface area contributed by atoms with Crippen molar-refractivity contribution in [2.45, 2.75) is 57.8 Å². The zero-order valence-electron chi connectivity index (χ0n) is 9.38. The Hall–Kier alpha value is -0.520. The smallest absolute Gasteiger partial charge is 0.0202 e. The van der Waals surface area contributed by atoms with Crippen LogP contribution in [0.1, 0.15) is 57.8 Å². The van der Waals surface area contributed by atoms with Crippen molar-refractivity contribution in [1.29, 1.82) is 0 Å².